The Morgan fingerprint density at radius 2 is 1.85 bits per heavy atom. The van der Waals surface area contributed by atoms with Gasteiger partial charge in [-0.2, -0.15) is 0 Å². The third kappa shape index (κ3) is 2.21. The van der Waals surface area contributed by atoms with Crippen LogP contribution in [0, 0.1) is 6.92 Å². The highest BCUT2D eigenvalue weighted by atomic mass is 15.1. The molecule has 0 amide bonds. The van der Waals surface area contributed by atoms with Gasteiger partial charge in [-0.25, -0.2) is 4.98 Å². The van der Waals surface area contributed by atoms with E-state index in [1.165, 1.54) is 31.2 Å². The average molecular weight is 269 g/mol. The van der Waals surface area contributed by atoms with E-state index in [2.05, 4.69) is 42.7 Å². The molecule has 1 fully saturated rings. The van der Waals surface area contributed by atoms with Gasteiger partial charge in [0.15, 0.2) is 0 Å². The van der Waals surface area contributed by atoms with E-state index in [-0.39, 0.29) is 5.41 Å². The van der Waals surface area contributed by atoms with Crippen molar-refractivity contribution in [3.8, 4) is 0 Å². The minimum absolute atomic E-state index is 0.177. The summed E-state index contributed by atoms with van der Waals surface area (Å²) in [6.07, 6.45) is 5.00. The van der Waals surface area contributed by atoms with E-state index in [1.54, 1.807) is 0 Å². The van der Waals surface area contributed by atoms with Gasteiger partial charge in [0.2, 0.25) is 0 Å². The van der Waals surface area contributed by atoms with Crippen molar-refractivity contribution >= 4 is 5.82 Å². The lowest BCUT2D eigenvalue weighted by atomic mass is 9.85. The van der Waals surface area contributed by atoms with E-state index in [1.807, 2.05) is 6.07 Å². The molecular formula is C17H23N3. The highest BCUT2D eigenvalue weighted by molar-refractivity contribution is 5.44. The van der Waals surface area contributed by atoms with Crippen LogP contribution < -0.4 is 5.73 Å². The van der Waals surface area contributed by atoms with Gasteiger partial charge in [-0.3, -0.25) is 0 Å². The Morgan fingerprint density at radius 1 is 1.20 bits per heavy atom. The fourth-order valence-electron chi connectivity index (χ4n) is 3.38. The number of hydrogen-bond acceptors (Lipinski definition) is 2. The largest absolute Gasteiger partial charge is 0.384 e. The first-order valence-corrected chi connectivity index (χ1v) is 7.47. The van der Waals surface area contributed by atoms with Crippen LogP contribution >= 0.6 is 0 Å². The van der Waals surface area contributed by atoms with Gasteiger partial charge < -0.3 is 10.3 Å². The van der Waals surface area contributed by atoms with Crippen molar-refractivity contribution in [2.45, 2.75) is 51.5 Å². The number of nitrogens with two attached hydrogens (primary N) is 1. The first kappa shape index (κ1) is 13.2. The lowest BCUT2D eigenvalue weighted by Crippen LogP contribution is -2.19. The number of nitrogen functional groups attached to an aromatic ring is 1. The summed E-state index contributed by atoms with van der Waals surface area (Å²) < 4.78 is 2.15. The van der Waals surface area contributed by atoms with Crippen LogP contribution in [0.5, 0.6) is 0 Å². The molecule has 0 spiro atoms. The van der Waals surface area contributed by atoms with Crippen molar-refractivity contribution in [2.24, 2.45) is 0 Å². The molecule has 3 heteroatoms. The molecule has 0 atom stereocenters. The van der Waals surface area contributed by atoms with Crippen molar-refractivity contribution in [1.82, 2.24) is 9.55 Å². The van der Waals surface area contributed by atoms with Crippen LogP contribution in [-0.4, -0.2) is 9.55 Å². The minimum Gasteiger partial charge on any atom is -0.384 e. The second-order valence-corrected chi connectivity index (χ2v) is 6.23. The molecule has 2 N–H and O–H groups in total. The summed E-state index contributed by atoms with van der Waals surface area (Å²) in [5, 5.41) is 0. The summed E-state index contributed by atoms with van der Waals surface area (Å²) >= 11 is 0. The van der Waals surface area contributed by atoms with E-state index in [0.717, 1.165) is 23.9 Å². The molecule has 1 heterocycles. The SMILES string of the molecule is Cc1nc(C2(C)CCCC2)c(N)n1Cc1ccccc1. The van der Waals surface area contributed by atoms with E-state index in [0.29, 0.717) is 0 Å². The average Bonchev–Trinajstić information content (AvgIpc) is 3.00. The van der Waals surface area contributed by atoms with Gasteiger partial charge in [0.05, 0.1) is 12.2 Å². The van der Waals surface area contributed by atoms with Crippen LogP contribution in [0.4, 0.5) is 5.82 Å². The van der Waals surface area contributed by atoms with Crippen molar-refractivity contribution in [2.75, 3.05) is 5.73 Å². The van der Waals surface area contributed by atoms with E-state index in [4.69, 9.17) is 10.7 Å². The van der Waals surface area contributed by atoms with Crippen LogP contribution in [0.2, 0.25) is 0 Å². The summed E-state index contributed by atoms with van der Waals surface area (Å²) in [7, 11) is 0. The van der Waals surface area contributed by atoms with Crippen LogP contribution in [0.1, 0.15) is 49.7 Å². The van der Waals surface area contributed by atoms with Gasteiger partial charge in [-0.05, 0) is 25.3 Å². The molecule has 1 aromatic heterocycles. The molecule has 0 saturated heterocycles. The molecule has 0 unspecified atom stereocenters. The standard InChI is InChI=1S/C17H23N3/c1-13-19-15(17(2)10-6-7-11-17)16(18)20(13)12-14-8-4-3-5-9-14/h3-5,8-9H,6-7,10-12,18H2,1-2H3. The highest BCUT2D eigenvalue weighted by Gasteiger charge is 2.35. The predicted molar refractivity (Wildman–Crippen MR) is 82.7 cm³/mol. The Morgan fingerprint density at radius 3 is 2.50 bits per heavy atom. The number of imidazole rings is 1. The van der Waals surface area contributed by atoms with Crippen LogP contribution in [-0.2, 0) is 12.0 Å². The smallest absolute Gasteiger partial charge is 0.127 e. The molecule has 20 heavy (non-hydrogen) atoms. The monoisotopic (exact) mass is 269 g/mol. The lowest BCUT2D eigenvalue weighted by molar-refractivity contribution is 0.479. The zero-order valence-electron chi connectivity index (χ0n) is 12.4. The Kier molecular flexibility index (Phi) is 3.28. The fraction of sp³-hybridized carbons (Fsp3) is 0.471. The number of rotatable bonds is 3. The normalized spacial score (nSPS) is 17.5. The number of nitrogens with zero attached hydrogens (tertiary/aromatic N) is 2. The van der Waals surface area contributed by atoms with Crippen molar-refractivity contribution in [3.05, 3.63) is 47.4 Å². The molecule has 0 bridgehead atoms. The number of aromatic nitrogens is 2. The minimum atomic E-state index is 0.177. The first-order valence-electron chi connectivity index (χ1n) is 7.47. The molecule has 1 aliphatic rings. The van der Waals surface area contributed by atoms with Crippen LogP contribution in [0.15, 0.2) is 30.3 Å². The summed E-state index contributed by atoms with van der Waals surface area (Å²) in [6.45, 7) is 5.17. The number of aryl methyl sites for hydroxylation is 1. The first-order chi connectivity index (χ1) is 9.60. The third-order valence-corrected chi connectivity index (χ3v) is 4.66. The molecule has 1 aliphatic carbocycles. The van der Waals surface area contributed by atoms with Gasteiger partial charge in [0.1, 0.15) is 11.6 Å². The maximum Gasteiger partial charge on any atom is 0.127 e. The van der Waals surface area contributed by atoms with Crippen LogP contribution in [0.3, 0.4) is 0 Å². The summed E-state index contributed by atoms with van der Waals surface area (Å²) in [5.74, 6) is 1.88. The Balaban J connectivity index is 1.95. The molecular weight excluding hydrogens is 246 g/mol. The molecule has 3 rings (SSSR count). The molecule has 106 valence electrons. The van der Waals surface area contributed by atoms with E-state index >= 15 is 0 Å². The summed E-state index contributed by atoms with van der Waals surface area (Å²) in [4.78, 5) is 4.80. The second kappa shape index (κ2) is 4.97. The highest BCUT2D eigenvalue weighted by Crippen LogP contribution is 2.42. The zero-order valence-corrected chi connectivity index (χ0v) is 12.4. The molecule has 1 aromatic carbocycles. The summed E-state index contributed by atoms with van der Waals surface area (Å²) in [6, 6.07) is 10.4. The Labute approximate surface area is 120 Å². The summed E-state index contributed by atoms with van der Waals surface area (Å²) in [5.41, 5.74) is 8.98. The molecule has 0 radical (unpaired) electrons. The maximum absolute atomic E-state index is 6.42. The van der Waals surface area contributed by atoms with Gasteiger partial charge in [-0.1, -0.05) is 50.1 Å². The van der Waals surface area contributed by atoms with E-state index < -0.39 is 0 Å². The van der Waals surface area contributed by atoms with Gasteiger partial charge in [-0.15, -0.1) is 0 Å². The number of benzene rings is 1. The van der Waals surface area contributed by atoms with Crippen molar-refractivity contribution < 1.29 is 0 Å². The number of anilines is 1. The quantitative estimate of drug-likeness (QED) is 0.924. The maximum atomic E-state index is 6.42. The Bertz CT molecular complexity index is 592. The zero-order chi connectivity index (χ0) is 14.2. The van der Waals surface area contributed by atoms with E-state index in [9.17, 15) is 0 Å². The predicted octanol–water partition coefficient (Wildman–Crippen LogP) is 3.65. The molecule has 1 saturated carbocycles. The number of hydrogen-bond donors (Lipinski definition) is 1. The lowest BCUT2D eigenvalue weighted by Gasteiger charge is -2.22. The fourth-order valence-corrected chi connectivity index (χ4v) is 3.38. The van der Waals surface area contributed by atoms with Crippen molar-refractivity contribution in [3.63, 3.8) is 0 Å². The van der Waals surface area contributed by atoms with Gasteiger partial charge in [0, 0.05) is 5.41 Å². The molecule has 2 aromatic rings. The topological polar surface area (TPSA) is 43.8 Å². The van der Waals surface area contributed by atoms with Crippen LogP contribution in [0.25, 0.3) is 0 Å². The Hall–Kier alpha value is -1.77. The molecule has 3 nitrogen and oxygen atoms in total. The van der Waals surface area contributed by atoms with Crippen molar-refractivity contribution in [1.29, 1.82) is 0 Å². The third-order valence-electron chi connectivity index (χ3n) is 4.66. The van der Waals surface area contributed by atoms with Gasteiger partial charge in [0.25, 0.3) is 0 Å². The second-order valence-electron chi connectivity index (χ2n) is 6.23. The van der Waals surface area contributed by atoms with Gasteiger partial charge >= 0.3 is 0 Å². The molecule has 0 aliphatic heterocycles.